The van der Waals surface area contributed by atoms with Crippen LogP contribution in [0.1, 0.15) is 25.7 Å². The van der Waals surface area contributed by atoms with E-state index in [0.29, 0.717) is 5.13 Å². The van der Waals surface area contributed by atoms with Crippen molar-refractivity contribution in [2.75, 3.05) is 5.73 Å². The van der Waals surface area contributed by atoms with Gasteiger partial charge in [-0.25, -0.2) is 4.98 Å². The standard InChI is InChI=1S/C8H12N2S2/c9-8-10-5-7(12-8)11-6-3-1-2-4-6/h5-6H,1-4H2,(H2,9,10). The van der Waals surface area contributed by atoms with Crippen molar-refractivity contribution >= 4 is 28.2 Å². The van der Waals surface area contributed by atoms with Gasteiger partial charge in [-0.15, -0.1) is 11.8 Å². The summed E-state index contributed by atoms with van der Waals surface area (Å²) in [5, 5.41) is 1.51. The van der Waals surface area contributed by atoms with Gasteiger partial charge in [0.25, 0.3) is 0 Å². The molecule has 0 amide bonds. The first-order valence-electron chi connectivity index (χ1n) is 4.22. The smallest absolute Gasteiger partial charge is 0.181 e. The molecule has 1 aromatic heterocycles. The highest BCUT2D eigenvalue weighted by Gasteiger charge is 2.16. The molecule has 2 rings (SSSR count). The molecule has 12 heavy (non-hydrogen) atoms. The van der Waals surface area contributed by atoms with Crippen molar-refractivity contribution < 1.29 is 0 Å². The lowest BCUT2D eigenvalue weighted by atomic mass is 10.4. The zero-order valence-electron chi connectivity index (χ0n) is 6.82. The number of aromatic nitrogens is 1. The summed E-state index contributed by atoms with van der Waals surface area (Å²) in [7, 11) is 0. The zero-order valence-corrected chi connectivity index (χ0v) is 8.46. The molecule has 2 N–H and O–H groups in total. The Morgan fingerprint density at radius 1 is 1.50 bits per heavy atom. The summed E-state index contributed by atoms with van der Waals surface area (Å²) in [6.07, 6.45) is 7.41. The Morgan fingerprint density at radius 2 is 2.25 bits per heavy atom. The Labute approximate surface area is 80.6 Å². The molecule has 0 unspecified atom stereocenters. The SMILES string of the molecule is Nc1ncc(SC2CCCC2)s1. The number of thiazole rings is 1. The maximum absolute atomic E-state index is 5.55. The van der Waals surface area contributed by atoms with E-state index in [0.717, 1.165) is 5.25 Å². The third kappa shape index (κ3) is 1.93. The van der Waals surface area contributed by atoms with E-state index in [1.165, 1.54) is 29.9 Å². The average Bonchev–Trinajstić information content (AvgIpc) is 2.63. The summed E-state index contributed by atoms with van der Waals surface area (Å²) in [6.45, 7) is 0. The van der Waals surface area contributed by atoms with Crippen molar-refractivity contribution in [3.8, 4) is 0 Å². The molecule has 0 aromatic carbocycles. The second-order valence-corrected chi connectivity index (χ2v) is 5.70. The fourth-order valence-electron chi connectivity index (χ4n) is 1.50. The average molecular weight is 200 g/mol. The van der Waals surface area contributed by atoms with Crippen molar-refractivity contribution in [3.63, 3.8) is 0 Å². The van der Waals surface area contributed by atoms with Crippen molar-refractivity contribution in [1.29, 1.82) is 0 Å². The number of thioether (sulfide) groups is 1. The normalized spacial score (nSPS) is 18.7. The predicted molar refractivity (Wildman–Crippen MR) is 54.6 cm³/mol. The highest BCUT2D eigenvalue weighted by atomic mass is 32.2. The molecule has 1 fully saturated rings. The Kier molecular flexibility index (Phi) is 2.56. The monoisotopic (exact) mass is 200 g/mol. The molecular formula is C8H12N2S2. The third-order valence-electron chi connectivity index (χ3n) is 2.09. The van der Waals surface area contributed by atoms with Crippen LogP contribution in [0.5, 0.6) is 0 Å². The largest absolute Gasteiger partial charge is 0.375 e. The highest BCUT2D eigenvalue weighted by molar-refractivity contribution is 8.01. The number of nitrogen functional groups attached to an aromatic ring is 1. The van der Waals surface area contributed by atoms with Gasteiger partial charge in [-0.05, 0) is 12.8 Å². The third-order valence-corrected chi connectivity index (χ3v) is 4.39. The summed E-state index contributed by atoms with van der Waals surface area (Å²) in [5.74, 6) is 0. The lowest BCUT2D eigenvalue weighted by molar-refractivity contribution is 0.886. The van der Waals surface area contributed by atoms with E-state index in [2.05, 4.69) is 4.98 Å². The summed E-state index contributed by atoms with van der Waals surface area (Å²) in [5.41, 5.74) is 5.55. The molecule has 1 aliphatic rings. The summed E-state index contributed by atoms with van der Waals surface area (Å²) in [4.78, 5) is 4.03. The number of nitrogens with zero attached hydrogens (tertiary/aromatic N) is 1. The van der Waals surface area contributed by atoms with E-state index in [1.54, 1.807) is 11.3 Å². The molecule has 0 saturated heterocycles. The van der Waals surface area contributed by atoms with E-state index in [-0.39, 0.29) is 0 Å². The molecule has 2 nitrogen and oxygen atoms in total. The molecule has 0 spiro atoms. The minimum atomic E-state index is 0.690. The first-order valence-corrected chi connectivity index (χ1v) is 5.92. The van der Waals surface area contributed by atoms with Crippen molar-refractivity contribution in [3.05, 3.63) is 6.20 Å². The van der Waals surface area contributed by atoms with Crippen molar-refractivity contribution in [2.24, 2.45) is 0 Å². The fourth-order valence-corrected chi connectivity index (χ4v) is 3.78. The number of hydrogen-bond acceptors (Lipinski definition) is 4. The molecule has 1 heterocycles. The molecule has 1 saturated carbocycles. The van der Waals surface area contributed by atoms with Gasteiger partial charge in [-0.3, -0.25) is 0 Å². The van der Waals surface area contributed by atoms with E-state index in [1.807, 2.05) is 18.0 Å². The van der Waals surface area contributed by atoms with Crippen LogP contribution in [0.2, 0.25) is 0 Å². The van der Waals surface area contributed by atoms with Gasteiger partial charge in [0.05, 0.1) is 10.4 Å². The van der Waals surface area contributed by atoms with Crippen LogP contribution in [0.4, 0.5) is 5.13 Å². The zero-order chi connectivity index (χ0) is 8.39. The topological polar surface area (TPSA) is 38.9 Å². The van der Waals surface area contributed by atoms with Gasteiger partial charge in [0.1, 0.15) is 0 Å². The van der Waals surface area contributed by atoms with Gasteiger partial charge in [0.15, 0.2) is 5.13 Å². The molecule has 0 atom stereocenters. The van der Waals surface area contributed by atoms with Crippen LogP contribution in [0.25, 0.3) is 0 Å². The summed E-state index contributed by atoms with van der Waals surface area (Å²) >= 11 is 3.55. The van der Waals surface area contributed by atoms with Gasteiger partial charge in [0.2, 0.25) is 0 Å². The molecular weight excluding hydrogens is 188 g/mol. The molecule has 0 aliphatic heterocycles. The summed E-state index contributed by atoms with van der Waals surface area (Å²) in [6, 6.07) is 0. The Hall–Kier alpha value is -0.220. The first-order chi connectivity index (χ1) is 5.84. The van der Waals surface area contributed by atoms with Crippen LogP contribution in [-0.2, 0) is 0 Å². The predicted octanol–water partition coefficient (Wildman–Crippen LogP) is 2.76. The highest BCUT2D eigenvalue weighted by Crippen LogP contribution is 2.37. The molecule has 0 bridgehead atoms. The second kappa shape index (κ2) is 3.66. The number of rotatable bonds is 2. The summed E-state index contributed by atoms with van der Waals surface area (Å²) < 4.78 is 1.28. The lowest BCUT2D eigenvalue weighted by Gasteiger charge is -2.04. The Morgan fingerprint density at radius 3 is 2.83 bits per heavy atom. The van der Waals surface area contributed by atoms with Gasteiger partial charge in [0, 0.05) is 5.25 Å². The fraction of sp³-hybridized carbons (Fsp3) is 0.625. The first kappa shape index (κ1) is 8.38. The number of hydrogen-bond donors (Lipinski definition) is 1. The number of anilines is 1. The Bertz CT molecular complexity index is 253. The quantitative estimate of drug-likeness (QED) is 0.798. The molecule has 1 aromatic rings. The van der Waals surface area contributed by atoms with Crippen LogP contribution in [-0.4, -0.2) is 10.2 Å². The van der Waals surface area contributed by atoms with Crippen molar-refractivity contribution in [1.82, 2.24) is 4.98 Å². The van der Waals surface area contributed by atoms with Gasteiger partial charge in [-0.1, -0.05) is 24.2 Å². The van der Waals surface area contributed by atoms with Crippen LogP contribution in [0.3, 0.4) is 0 Å². The molecule has 66 valence electrons. The van der Waals surface area contributed by atoms with Crippen LogP contribution in [0.15, 0.2) is 10.4 Å². The van der Waals surface area contributed by atoms with Crippen LogP contribution < -0.4 is 5.73 Å². The molecule has 4 heteroatoms. The Balaban J connectivity index is 1.94. The van der Waals surface area contributed by atoms with Crippen molar-refractivity contribution in [2.45, 2.75) is 35.1 Å². The second-order valence-electron chi connectivity index (χ2n) is 3.04. The maximum Gasteiger partial charge on any atom is 0.181 e. The number of nitrogens with two attached hydrogens (primary N) is 1. The van der Waals surface area contributed by atoms with Gasteiger partial charge < -0.3 is 5.73 Å². The van der Waals surface area contributed by atoms with E-state index in [9.17, 15) is 0 Å². The maximum atomic E-state index is 5.55. The van der Waals surface area contributed by atoms with Gasteiger partial charge >= 0.3 is 0 Å². The molecule has 1 aliphatic carbocycles. The van der Waals surface area contributed by atoms with Gasteiger partial charge in [-0.2, -0.15) is 0 Å². The minimum absolute atomic E-state index is 0.690. The van der Waals surface area contributed by atoms with Crippen LogP contribution >= 0.6 is 23.1 Å². The van der Waals surface area contributed by atoms with Crippen LogP contribution in [0, 0.1) is 0 Å². The minimum Gasteiger partial charge on any atom is -0.375 e. The van der Waals surface area contributed by atoms with E-state index < -0.39 is 0 Å². The van der Waals surface area contributed by atoms with E-state index >= 15 is 0 Å². The molecule has 0 radical (unpaired) electrons. The van der Waals surface area contributed by atoms with E-state index in [4.69, 9.17) is 5.73 Å². The lowest BCUT2D eigenvalue weighted by Crippen LogP contribution is -1.91.